The van der Waals surface area contributed by atoms with E-state index < -0.39 is 0 Å². The van der Waals surface area contributed by atoms with Gasteiger partial charge in [-0.25, -0.2) is 0 Å². The summed E-state index contributed by atoms with van der Waals surface area (Å²) in [6.45, 7) is 10.1. The Hall–Kier alpha value is -0.360. The summed E-state index contributed by atoms with van der Waals surface area (Å²) in [5, 5.41) is 3.27. The molecular weight excluding hydrogens is 292 g/mol. The molecule has 2 heterocycles. The lowest BCUT2D eigenvalue weighted by Gasteiger charge is -2.37. The summed E-state index contributed by atoms with van der Waals surface area (Å²) in [4.78, 5) is 14.4. The lowest BCUT2D eigenvalue weighted by molar-refractivity contribution is -0.142. The molecule has 5 nitrogen and oxygen atoms in total. The number of nitrogens with zero attached hydrogens (tertiary/aromatic N) is 1. The van der Waals surface area contributed by atoms with Crippen molar-refractivity contribution in [3.63, 3.8) is 0 Å². The minimum Gasteiger partial charge on any atom is -0.378 e. The molecule has 2 aliphatic rings. The minimum absolute atomic E-state index is 0. The van der Waals surface area contributed by atoms with E-state index in [2.05, 4.69) is 19.2 Å². The van der Waals surface area contributed by atoms with Crippen LogP contribution in [0.4, 0.5) is 0 Å². The zero-order chi connectivity index (χ0) is 14.5. The summed E-state index contributed by atoms with van der Waals surface area (Å²) in [6, 6.07) is -0.183. The maximum absolute atomic E-state index is 12.5. The van der Waals surface area contributed by atoms with Crippen LogP contribution in [0.3, 0.4) is 0 Å². The number of rotatable bonds is 4. The van der Waals surface area contributed by atoms with E-state index in [0.717, 1.165) is 39.1 Å². The first-order valence-corrected chi connectivity index (χ1v) is 7.83. The smallest absolute Gasteiger partial charge is 0.242 e. The highest BCUT2D eigenvalue weighted by Crippen LogP contribution is 2.17. The maximum atomic E-state index is 12.5. The second-order valence-electron chi connectivity index (χ2n) is 6.26. The van der Waals surface area contributed by atoms with Crippen molar-refractivity contribution in [2.75, 3.05) is 32.8 Å². The third-order valence-corrected chi connectivity index (χ3v) is 4.00. The van der Waals surface area contributed by atoms with Crippen molar-refractivity contribution >= 4 is 18.3 Å². The average molecular weight is 321 g/mol. The molecule has 2 aliphatic heterocycles. The summed E-state index contributed by atoms with van der Waals surface area (Å²) in [5.74, 6) is 0.749. The second-order valence-corrected chi connectivity index (χ2v) is 6.26. The van der Waals surface area contributed by atoms with Crippen molar-refractivity contribution in [1.82, 2.24) is 10.2 Å². The van der Waals surface area contributed by atoms with E-state index in [1.165, 1.54) is 0 Å². The molecule has 1 N–H and O–H groups in total. The summed E-state index contributed by atoms with van der Waals surface area (Å²) in [5.41, 5.74) is 0. The second kappa shape index (κ2) is 8.93. The molecule has 0 aromatic rings. The molecular formula is C15H29ClN2O3. The Bertz CT molecular complexity index is 320. The molecule has 1 amide bonds. The van der Waals surface area contributed by atoms with Gasteiger partial charge >= 0.3 is 0 Å². The Morgan fingerprint density at radius 1 is 1.38 bits per heavy atom. The fourth-order valence-corrected chi connectivity index (χ4v) is 2.78. The van der Waals surface area contributed by atoms with Gasteiger partial charge in [-0.05, 0) is 25.7 Å². The Labute approximate surface area is 134 Å². The molecule has 0 unspecified atom stereocenters. The minimum atomic E-state index is -0.183. The van der Waals surface area contributed by atoms with Crippen molar-refractivity contribution in [2.45, 2.75) is 51.9 Å². The van der Waals surface area contributed by atoms with Crippen LogP contribution in [0.15, 0.2) is 0 Å². The lowest BCUT2D eigenvalue weighted by atomic mass is 10.0. The van der Waals surface area contributed by atoms with Gasteiger partial charge in [-0.15, -0.1) is 12.4 Å². The number of hydrogen-bond donors (Lipinski definition) is 1. The first kappa shape index (κ1) is 18.7. The number of carbonyl (C=O) groups excluding carboxylic acids is 1. The van der Waals surface area contributed by atoms with Crippen molar-refractivity contribution in [3.05, 3.63) is 0 Å². The van der Waals surface area contributed by atoms with E-state index >= 15 is 0 Å². The number of hydrogen-bond acceptors (Lipinski definition) is 4. The highest BCUT2D eigenvalue weighted by Gasteiger charge is 2.33. The Balaban J connectivity index is 0.00000220. The van der Waals surface area contributed by atoms with Crippen LogP contribution in [0.5, 0.6) is 0 Å². The van der Waals surface area contributed by atoms with Crippen LogP contribution in [0.1, 0.15) is 33.6 Å². The number of carbonyl (C=O) groups is 1. The van der Waals surface area contributed by atoms with Gasteiger partial charge in [-0.3, -0.25) is 4.79 Å². The zero-order valence-electron chi connectivity index (χ0n) is 13.3. The SMILES string of the molecule is CC(C)COC1CCN(C(=O)[C@H]2NCCO[C@@H]2C)CC1.Cl. The van der Waals surface area contributed by atoms with Crippen molar-refractivity contribution in [3.8, 4) is 0 Å². The van der Waals surface area contributed by atoms with Crippen molar-refractivity contribution in [1.29, 1.82) is 0 Å². The number of morpholine rings is 1. The fourth-order valence-electron chi connectivity index (χ4n) is 2.78. The molecule has 0 aromatic carbocycles. The molecule has 2 rings (SSSR count). The van der Waals surface area contributed by atoms with Gasteiger partial charge in [0, 0.05) is 26.2 Å². The van der Waals surface area contributed by atoms with E-state index in [0.29, 0.717) is 18.6 Å². The molecule has 0 radical (unpaired) electrons. The van der Waals surface area contributed by atoms with E-state index in [-0.39, 0.29) is 30.5 Å². The molecule has 2 fully saturated rings. The highest BCUT2D eigenvalue weighted by molar-refractivity contribution is 5.85. The maximum Gasteiger partial charge on any atom is 0.242 e. The molecule has 2 atom stereocenters. The van der Waals surface area contributed by atoms with E-state index in [9.17, 15) is 4.79 Å². The summed E-state index contributed by atoms with van der Waals surface area (Å²) in [6.07, 6.45) is 2.17. The van der Waals surface area contributed by atoms with Gasteiger partial charge in [-0.1, -0.05) is 13.8 Å². The lowest BCUT2D eigenvalue weighted by Crippen LogP contribution is -2.57. The molecule has 0 spiro atoms. The van der Waals surface area contributed by atoms with Gasteiger partial charge in [0.1, 0.15) is 6.04 Å². The van der Waals surface area contributed by atoms with E-state index in [4.69, 9.17) is 9.47 Å². The Morgan fingerprint density at radius 2 is 2.05 bits per heavy atom. The quantitative estimate of drug-likeness (QED) is 0.852. The molecule has 124 valence electrons. The van der Waals surface area contributed by atoms with Gasteiger partial charge < -0.3 is 19.7 Å². The van der Waals surface area contributed by atoms with Gasteiger partial charge in [0.15, 0.2) is 0 Å². The summed E-state index contributed by atoms with van der Waals surface area (Å²) < 4.78 is 11.4. The largest absolute Gasteiger partial charge is 0.378 e. The number of ether oxygens (including phenoxy) is 2. The molecule has 21 heavy (non-hydrogen) atoms. The van der Waals surface area contributed by atoms with Crippen LogP contribution in [0.25, 0.3) is 0 Å². The van der Waals surface area contributed by atoms with Crippen LogP contribution in [-0.2, 0) is 14.3 Å². The van der Waals surface area contributed by atoms with Gasteiger partial charge in [0.2, 0.25) is 5.91 Å². The van der Waals surface area contributed by atoms with Crippen LogP contribution in [0.2, 0.25) is 0 Å². The van der Waals surface area contributed by atoms with Crippen LogP contribution >= 0.6 is 12.4 Å². The number of piperidine rings is 1. The Kier molecular flexibility index (Phi) is 7.95. The third kappa shape index (κ3) is 5.40. The van der Waals surface area contributed by atoms with E-state index in [1.54, 1.807) is 0 Å². The van der Waals surface area contributed by atoms with Gasteiger partial charge in [-0.2, -0.15) is 0 Å². The normalized spacial score (nSPS) is 27.5. The molecule has 2 saturated heterocycles. The standard InChI is InChI=1S/C15H28N2O3.ClH/c1-11(2)10-20-13-4-7-17(8-5-13)15(18)14-12(3)19-9-6-16-14;/h11-14,16H,4-10H2,1-3H3;1H/t12-,14+;/m1./s1. The average Bonchev–Trinajstić information content (AvgIpc) is 2.45. The van der Waals surface area contributed by atoms with Gasteiger partial charge in [0.05, 0.1) is 18.8 Å². The van der Waals surface area contributed by atoms with Gasteiger partial charge in [0.25, 0.3) is 0 Å². The van der Waals surface area contributed by atoms with E-state index in [1.807, 2.05) is 11.8 Å². The molecule has 0 saturated carbocycles. The fraction of sp³-hybridized carbons (Fsp3) is 0.933. The Morgan fingerprint density at radius 3 is 2.62 bits per heavy atom. The summed E-state index contributed by atoms with van der Waals surface area (Å²) in [7, 11) is 0. The molecule has 0 aliphatic carbocycles. The zero-order valence-corrected chi connectivity index (χ0v) is 14.2. The monoisotopic (exact) mass is 320 g/mol. The number of halogens is 1. The third-order valence-electron chi connectivity index (χ3n) is 4.00. The highest BCUT2D eigenvalue weighted by atomic mass is 35.5. The molecule has 0 aromatic heterocycles. The van der Waals surface area contributed by atoms with Crippen molar-refractivity contribution < 1.29 is 14.3 Å². The van der Waals surface area contributed by atoms with Crippen LogP contribution < -0.4 is 5.32 Å². The van der Waals surface area contributed by atoms with Crippen LogP contribution in [-0.4, -0.2) is 61.9 Å². The first-order chi connectivity index (χ1) is 9.58. The predicted octanol–water partition coefficient (Wildman–Crippen LogP) is 1.45. The summed E-state index contributed by atoms with van der Waals surface area (Å²) >= 11 is 0. The molecule has 0 bridgehead atoms. The van der Waals surface area contributed by atoms with Crippen LogP contribution in [0, 0.1) is 5.92 Å². The molecule has 6 heteroatoms. The number of likely N-dealkylation sites (tertiary alicyclic amines) is 1. The predicted molar refractivity (Wildman–Crippen MR) is 84.8 cm³/mol. The first-order valence-electron chi connectivity index (χ1n) is 7.83. The number of amides is 1. The van der Waals surface area contributed by atoms with Crippen molar-refractivity contribution in [2.24, 2.45) is 5.92 Å². The number of nitrogens with one attached hydrogen (secondary N) is 1. The topological polar surface area (TPSA) is 50.8 Å².